The first kappa shape index (κ1) is 14.8. The number of rotatable bonds is 3. The van der Waals surface area contributed by atoms with Crippen LogP contribution in [-0.4, -0.2) is 46.8 Å². The molecule has 4 rings (SSSR count). The SMILES string of the molecule is Cc1nnc([C@]23CCO[C@H]2CCN(C(=O)Cc2ccsc2)C3)o1. The molecule has 122 valence electrons. The Bertz CT molecular complexity index is 699. The van der Waals surface area contributed by atoms with Crippen LogP contribution in [0, 0.1) is 6.92 Å². The highest BCUT2D eigenvalue weighted by Crippen LogP contribution is 2.43. The second-order valence-electron chi connectivity index (χ2n) is 6.30. The van der Waals surface area contributed by atoms with E-state index in [1.807, 2.05) is 21.7 Å². The number of aromatic nitrogens is 2. The number of aryl methyl sites for hydroxylation is 1. The molecule has 0 radical (unpaired) electrons. The Morgan fingerprint density at radius 3 is 3.17 bits per heavy atom. The highest BCUT2D eigenvalue weighted by atomic mass is 32.1. The molecule has 23 heavy (non-hydrogen) atoms. The topological polar surface area (TPSA) is 68.5 Å². The zero-order chi connectivity index (χ0) is 15.9. The van der Waals surface area contributed by atoms with Gasteiger partial charge in [0.15, 0.2) is 0 Å². The van der Waals surface area contributed by atoms with Gasteiger partial charge >= 0.3 is 0 Å². The van der Waals surface area contributed by atoms with Gasteiger partial charge in [0.1, 0.15) is 0 Å². The Hall–Kier alpha value is -1.73. The number of piperidine rings is 1. The third-order valence-corrected chi connectivity index (χ3v) is 5.59. The van der Waals surface area contributed by atoms with Crippen molar-refractivity contribution < 1.29 is 13.9 Å². The molecule has 2 saturated heterocycles. The summed E-state index contributed by atoms with van der Waals surface area (Å²) in [4.78, 5) is 14.6. The van der Waals surface area contributed by atoms with Crippen molar-refractivity contribution in [1.29, 1.82) is 0 Å². The van der Waals surface area contributed by atoms with Gasteiger partial charge in [-0.1, -0.05) is 0 Å². The lowest BCUT2D eigenvalue weighted by Gasteiger charge is -2.41. The number of carbonyl (C=O) groups is 1. The van der Waals surface area contributed by atoms with Gasteiger partial charge in [0, 0.05) is 26.6 Å². The van der Waals surface area contributed by atoms with Crippen molar-refractivity contribution in [1.82, 2.24) is 15.1 Å². The Morgan fingerprint density at radius 1 is 1.52 bits per heavy atom. The van der Waals surface area contributed by atoms with Crippen LogP contribution in [0.25, 0.3) is 0 Å². The van der Waals surface area contributed by atoms with E-state index in [9.17, 15) is 4.79 Å². The number of likely N-dealkylation sites (tertiary alicyclic amines) is 1. The van der Waals surface area contributed by atoms with Crippen LogP contribution in [0.4, 0.5) is 0 Å². The van der Waals surface area contributed by atoms with E-state index in [-0.39, 0.29) is 17.4 Å². The van der Waals surface area contributed by atoms with Crippen molar-refractivity contribution in [3.05, 3.63) is 34.2 Å². The molecule has 1 amide bonds. The molecule has 2 aliphatic rings. The summed E-state index contributed by atoms with van der Waals surface area (Å²) in [5, 5.41) is 12.2. The first-order chi connectivity index (χ1) is 11.2. The smallest absolute Gasteiger partial charge is 0.227 e. The summed E-state index contributed by atoms with van der Waals surface area (Å²) in [6.07, 6.45) is 2.15. The zero-order valence-electron chi connectivity index (χ0n) is 13.0. The average Bonchev–Trinajstić information content (AvgIpc) is 3.26. The minimum atomic E-state index is -0.343. The van der Waals surface area contributed by atoms with E-state index in [0.717, 1.165) is 24.9 Å². The van der Waals surface area contributed by atoms with Crippen molar-refractivity contribution in [2.75, 3.05) is 19.7 Å². The van der Waals surface area contributed by atoms with E-state index in [1.165, 1.54) is 0 Å². The highest BCUT2D eigenvalue weighted by molar-refractivity contribution is 7.07. The van der Waals surface area contributed by atoms with Crippen LogP contribution in [0.3, 0.4) is 0 Å². The fourth-order valence-electron chi connectivity index (χ4n) is 3.64. The van der Waals surface area contributed by atoms with Gasteiger partial charge in [0.2, 0.25) is 17.7 Å². The van der Waals surface area contributed by atoms with E-state index in [0.29, 0.717) is 31.4 Å². The van der Waals surface area contributed by atoms with Gasteiger partial charge in [-0.25, -0.2) is 0 Å². The molecule has 4 heterocycles. The Kier molecular flexibility index (Phi) is 3.69. The lowest BCUT2D eigenvalue weighted by atomic mass is 9.76. The minimum Gasteiger partial charge on any atom is -0.425 e. The number of carbonyl (C=O) groups excluding carboxylic acids is 1. The van der Waals surface area contributed by atoms with Gasteiger partial charge in [0.25, 0.3) is 0 Å². The number of hydrogen-bond acceptors (Lipinski definition) is 6. The normalized spacial score (nSPS) is 27.2. The summed E-state index contributed by atoms with van der Waals surface area (Å²) in [7, 11) is 0. The number of nitrogens with zero attached hydrogens (tertiary/aromatic N) is 3. The van der Waals surface area contributed by atoms with Gasteiger partial charge in [-0.3, -0.25) is 4.79 Å². The summed E-state index contributed by atoms with van der Waals surface area (Å²) >= 11 is 1.62. The van der Waals surface area contributed by atoms with Crippen molar-refractivity contribution in [3.8, 4) is 0 Å². The average molecular weight is 333 g/mol. The molecule has 2 atom stereocenters. The predicted octanol–water partition coefficient (Wildman–Crippen LogP) is 1.94. The van der Waals surface area contributed by atoms with E-state index >= 15 is 0 Å². The van der Waals surface area contributed by atoms with E-state index < -0.39 is 0 Å². The number of ether oxygens (including phenoxy) is 1. The molecule has 0 aromatic carbocycles. The zero-order valence-corrected chi connectivity index (χ0v) is 13.8. The first-order valence-corrected chi connectivity index (χ1v) is 8.83. The summed E-state index contributed by atoms with van der Waals surface area (Å²) in [6, 6.07) is 2.01. The second kappa shape index (κ2) is 5.72. The molecule has 0 N–H and O–H groups in total. The number of hydrogen-bond donors (Lipinski definition) is 0. The first-order valence-electron chi connectivity index (χ1n) is 7.88. The van der Waals surface area contributed by atoms with Crippen molar-refractivity contribution >= 4 is 17.2 Å². The number of thiophene rings is 1. The van der Waals surface area contributed by atoms with E-state index in [1.54, 1.807) is 18.3 Å². The molecule has 0 saturated carbocycles. The molecule has 6 nitrogen and oxygen atoms in total. The Labute approximate surface area is 138 Å². The molecule has 0 bridgehead atoms. The third-order valence-electron chi connectivity index (χ3n) is 4.86. The third kappa shape index (κ3) is 2.57. The van der Waals surface area contributed by atoms with Crippen LogP contribution >= 0.6 is 11.3 Å². The van der Waals surface area contributed by atoms with Crippen LogP contribution in [0.5, 0.6) is 0 Å². The van der Waals surface area contributed by atoms with Crippen LogP contribution in [0.1, 0.15) is 30.2 Å². The van der Waals surface area contributed by atoms with Crippen molar-refractivity contribution in [3.63, 3.8) is 0 Å². The van der Waals surface area contributed by atoms with Gasteiger partial charge < -0.3 is 14.1 Å². The molecule has 2 aromatic rings. The van der Waals surface area contributed by atoms with Crippen LogP contribution in [-0.2, 0) is 21.4 Å². The molecule has 2 fully saturated rings. The summed E-state index contributed by atoms with van der Waals surface area (Å²) in [5.41, 5.74) is 0.733. The molecule has 7 heteroatoms. The van der Waals surface area contributed by atoms with E-state index in [4.69, 9.17) is 9.15 Å². The lowest BCUT2D eigenvalue weighted by Crippen LogP contribution is -2.54. The minimum absolute atomic E-state index is 0.0625. The van der Waals surface area contributed by atoms with Crippen LogP contribution in [0.2, 0.25) is 0 Å². The second-order valence-corrected chi connectivity index (χ2v) is 7.08. The molecular formula is C16H19N3O3S. The van der Waals surface area contributed by atoms with Gasteiger partial charge in [-0.05, 0) is 35.2 Å². The maximum absolute atomic E-state index is 12.7. The lowest BCUT2D eigenvalue weighted by molar-refractivity contribution is -0.134. The summed E-state index contributed by atoms with van der Waals surface area (Å²) < 4.78 is 11.6. The molecule has 0 spiro atoms. The predicted molar refractivity (Wildman–Crippen MR) is 84.3 cm³/mol. The monoisotopic (exact) mass is 333 g/mol. The molecule has 0 aliphatic carbocycles. The summed E-state index contributed by atoms with van der Waals surface area (Å²) in [5.74, 6) is 1.33. The van der Waals surface area contributed by atoms with Crippen molar-refractivity contribution in [2.24, 2.45) is 0 Å². The fourth-order valence-corrected chi connectivity index (χ4v) is 4.31. The van der Waals surface area contributed by atoms with Gasteiger partial charge in [-0.2, -0.15) is 11.3 Å². The van der Waals surface area contributed by atoms with Crippen LogP contribution < -0.4 is 0 Å². The van der Waals surface area contributed by atoms with Crippen molar-refractivity contribution in [2.45, 2.75) is 37.7 Å². The fraction of sp³-hybridized carbons (Fsp3) is 0.562. The standard InChI is InChI=1S/C16H19N3O3S/c1-11-17-18-15(22-11)16-4-6-21-13(16)2-5-19(10-16)14(20)8-12-3-7-23-9-12/h3,7,9,13H,2,4-6,8,10H2,1H3/t13-,16-/m0/s1. The quantitative estimate of drug-likeness (QED) is 0.859. The molecular weight excluding hydrogens is 314 g/mol. The van der Waals surface area contributed by atoms with Crippen LogP contribution in [0.15, 0.2) is 21.2 Å². The molecule has 2 aliphatic heterocycles. The molecule has 2 aromatic heterocycles. The highest BCUT2D eigenvalue weighted by Gasteiger charge is 2.53. The molecule has 0 unspecified atom stereocenters. The van der Waals surface area contributed by atoms with E-state index in [2.05, 4.69) is 10.2 Å². The van der Waals surface area contributed by atoms with Gasteiger partial charge in [0.05, 0.1) is 17.9 Å². The Morgan fingerprint density at radius 2 is 2.43 bits per heavy atom. The summed E-state index contributed by atoms with van der Waals surface area (Å²) in [6.45, 7) is 3.80. The maximum Gasteiger partial charge on any atom is 0.227 e. The Balaban J connectivity index is 1.57. The maximum atomic E-state index is 12.7. The van der Waals surface area contributed by atoms with Gasteiger partial charge in [-0.15, -0.1) is 10.2 Å². The largest absolute Gasteiger partial charge is 0.425 e. The number of amides is 1. The number of fused-ring (bicyclic) bond motifs is 1.